The van der Waals surface area contributed by atoms with E-state index in [4.69, 9.17) is 19.3 Å². The number of carbonyl (C=O) groups excluding carboxylic acids is 2. The maximum Gasteiger partial charge on any atom is 0.283 e. The van der Waals surface area contributed by atoms with Gasteiger partial charge in [-0.2, -0.15) is 0 Å². The molecule has 192 valence electrons. The number of hydrogen-bond donors (Lipinski definition) is 9. The van der Waals surface area contributed by atoms with Crippen molar-refractivity contribution in [2.75, 3.05) is 13.2 Å². The Morgan fingerprint density at radius 2 is 1.73 bits per heavy atom. The molecular formula is C19H33NO13. The normalized spacial score (nSPS) is 41.3. The molecule has 0 aromatic rings. The van der Waals surface area contributed by atoms with Gasteiger partial charge in [0.05, 0.1) is 37.9 Å². The van der Waals surface area contributed by atoms with Crippen LogP contribution in [0.1, 0.15) is 26.7 Å². The van der Waals surface area contributed by atoms with Crippen LogP contribution in [-0.2, 0) is 23.8 Å². The molecule has 9 N–H and O–H groups in total. The first-order chi connectivity index (χ1) is 15.3. The largest absolute Gasteiger partial charge is 0.394 e. The van der Waals surface area contributed by atoms with Gasteiger partial charge in [-0.15, -0.1) is 0 Å². The minimum Gasteiger partial charge on any atom is -0.394 e. The third-order valence-corrected chi connectivity index (χ3v) is 5.62. The number of carbonyl (C=O) groups is 2. The van der Waals surface area contributed by atoms with Crippen molar-refractivity contribution in [2.24, 2.45) is 0 Å². The molecular weight excluding hydrogens is 450 g/mol. The first kappa shape index (κ1) is 27.9. The second kappa shape index (κ2) is 11.4. The van der Waals surface area contributed by atoms with Gasteiger partial charge in [0, 0.05) is 13.3 Å². The highest BCUT2D eigenvalue weighted by atomic mass is 16.8. The summed E-state index contributed by atoms with van der Waals surface area (Å²) in [6, 6.07) is -1.33. The van der Waals surface area contributed by atoms with Crippen LogP contribution in [0, 0.1) is 0 Å². The van der Waals surface area contributed by atoms with E-state index in [9.17, 15) is 45.3 Å². The Morgan fingerprint density at radius 3 is 2.24 bits per heavy atom. The number of nitrogens with one attached hydrogen (secondary N) is 1. The van der Waals surface area contributed by atoms with Gasteiger partial charge in [-0.05, 0) is 6.92 Å². The van der Waals surface area contributed by atoms with E-state index in [0.29, 0.717) is 0 Å². The number of Topliss-reactive ketones (excluding diaryl/α,β-unsaturated/α-hetero) is 1. The highest BCUT2D eigenvalue weighted by Gasteiger charge is 2.55. The van der Waals surface area contributed by atoms with Crippen molar-refractivity contribution in [1.29, 1.82) is 0 Å². The zero-order chi connectivity index (χ0) is 25.1. The van der Waals surface area contributed by atoms with Gasteiger partial charge in [0.15, 0.2) is 0 Å². The van der Waals surface area contributed by atoms with E-state index in [-0.39, 0.29) is 12.2 Å². The van der Waals surface area contributed by atoms with Crippen LogP contribution in [0.4, 0.5) is 0 Å². The summed E-state index contributed by atoms with van der Waals surface area (Å²) in [5.74, 6) is -3.76. The van der Waals surface area contributed by atoms with Crippen LogP contribution >= 0.6 is 0 Å². The topological polar surface area (TPSA) is 236 Å². The molecule has 11 atom stereocenters. The van der Waals surface area contributed by atoms with Crippen molar-refractivity contribution >= 4 is 11.7 Å². The second-order valence-corrected chi connectivity index (χ2v) is 8.40. The van der Waals surface area contributed by atoms with Crippen LogP contribution in [0.15, 0.2) is 0 Å². The molecule has 0 radical (unpaired) electrons. The van der Waals surface area contributed by atoms with Crippen molar-refractivity contribution in [1.82, 2.24) is 5.32 Å². The van der Waals surface area contributed by atoms with E-state index >= 15 is 0 Å². The van der Waals surface area contributed by atoms with Crippen LogP contribution in [0.3, 0.4) is 0 Å². The Bertz CT molecular complexity index is 680. The Morgan fingerprint density at radius 1 is 1.12 bits per heavy atom. The summed E-state index contributed by atoms with van der Waals surface area (Å²) >= 11 is 0. The summed E-state index contributed by atoms with van der Waals surface area (Å²) in [6.45, 7) is 0.735. The number of aliphatic hydroxyl groups excluding tert-OH is 7. The summed E-state index contributed by atoms with van der Waals surface area (Å²) in [6.07, 6.45) is -15.5. The SMILES string of the molecule is CC(=O)C[C@@H]1OC(CO)[C@H](O)[C@H](O[C@]2(O)C[C@@H](O)[C@@H](NC(C)=O)C([C@H](O)[C@H](O)CO)O2)C1O. The van der Waals surface area contributed by atoms with E-state index < -0.39 is 92.5 Å². The average Bonchev–Trinajstić information content (AvgIpc) is 2.73. The molecule has 2 saturated heterocycles. The maximum absolute atomic E-state index is 11.5. The predicted octanol–water partition coefficient (Wildman–Crippen LogP) is -5.15. The zero-order valence-corrected chi connectivity index (χ0v) is 18.2. The van der Waals surface area contributed by atoms with Crippen molar-refractivity contribution in [2.45, 2.75) is 93.6 Å². The third-order valence-electron chi connectivity index (χ3n) is 5.62. The van der Waals surface area contributed by atoms with Crippen LogP contribution in [0.2, 0.25) is 0 Å². The number of amides is 1. The Labute approximate surface area is 189 Å². The van der Waals surface area contributed by atoms with Crippen LogP contribution in [0.25, 0.3) is 0 Å². The molecule has 0 aromatic heterocycles. The van der Waals surface area contributed by atoms with Crippen molar-refractivity contribution < 1.29 is 64.7 Å². The Kier molecular flexibility index (Phi) is 9.67. The fourth-order valence-electron chi connectivity index (χ4n) is 4.01. The highest BCUT2D eigenvalue weighted by molar-refractivity contribution is 5.76. The van der Waals surface area contributed by atoms with Gasteiger partial charge in [-0.25, -0.2) is 0 Å². The lowest BCUT2D eigenvalue weighted by molar-refractivity contribution is -0.440. The molecule has 2 heterocycles. The molecule has 2 rings (SSSR count). The second-order valence-electron chi connectivity index (χ2n) is 8.40. The molecule has 0 aliphatic carbocycles. The summed E-state index contributed by atoms with van der Waals surface area (Å²) in [4.78, 5) is 23.0. The third kappa shape index (κ3) is 6.64. The van der Waals surface area contributed by atoms with Crippen LogP contribution < -0.4 is 5.32 Å². The summed E-state index contributed by atoms with van der Waals surface area (Å²) < 4.78 is 16.1. The lowest BCUT2D eigenvalue weighted by Crippen LogP contribution is -2.68. The van der Waals surface area contributed by atoms with E-state index in [1.54, 1.807) is 0 Å². The minimum absolute atomic E-state index is 0.291. The molecule has 0 bridgehead atoms. The highest BCUT2D eigenvalue weighted by Crippen LogP contribution is 2.35. The van der Waals surface area contributed by atoms with Crippen molar-refractivity contribution in [3.05, 3.63) is 0 Å². The molecule has 2 aliphatic heterocycles. The number of aliphatic hydroxyl groups is 8. The van der Waals surface area contributed by atoms with Gasteiger partial charge in [-0.3, -0.25) is 9.59 Å². The van der Waals surface area contributed by atoms with Gasteiger partial charge < -0.3 is 60.4 Å². The number of hydrogen-bond acceptors (Lipinski definition) is 13. The fraction of sp³-hybridized carbons (Fsp3) is 0.895. The summed E-state index contributed by atoms with van der Waals surface area (Å²) in [5.41, 5.74) is 0. The van der Waals surface area contributed by atoms with Gasteiger partial charge in [0.1, 0.15) is 48.5 Å². The first-order valence-electron chi connectivity index (χ1n) is 10.5. The molecule has 14 nitrogen and oxygen atoms in total. The summed E-state index contributed by atoms with van der Waals surface area (Å²) in [7, 11) is 0. The summed E-state index contributed by atoms with van der Waals surface area (Å²) in [5, 5.41) is 83.6. The zero-order valence-electron chi connectivity index (χ0n) is 18.2. The van der Waals surface area contributed by atoms with E-state index in [1.165, 1.54) is 6.92 Å². The molecule has 0 spiro atoms. The molecule has 2 aliphatic rings. The standard InChI is InChI=1S/C19H33NO13/c1-7(23)3-11-15(28)18(16(29)12(6-22)31-11)33-19(30)4-9(25)13(20-8(2)24)17(32-19)14(27)10(26)5-21/h9-18,21-22,25-30H,3-6H2,1-2H3,(H,20,24)/t9-,10-,11+,12?,13-,14-,15?,16+,17?,18-,19+/m1/s1. The Hall–Kier alpha value is -1.30. The molecule has 14 heteroatoms. The molecule has 0 saturated carbocycles. The van der Waals surface area contributed by atoms with Crippen molar-refractivity contribution in [3.63, 3.8) is 0 Å². The van der Waals surface area contributed by atoms with Gasteiger partial charge in [0.2, 0.25) is 5.91 Å². The Balaban J connectivity index is 2.31. The monoisotopic (exact) mass is 483 g/mol. The molecule has 3 unspecified atom stereocenters. The molecule has 33 heavy (non-hydrogen) atoms. The predicted molar refractivity (Wildman–Crippen MR) is 105 cm³/mol. The number of ketones is 1. The van der Waals surface area contributed by atoms with Gasteiger partial charge in [-0.1, -0.05) is 0 Å². The first-order valence-corrected chi connectivity index (χ1v) is 10.5. The van der Waals surface area contributed by atoms with E-state index in [1.807, 2.05) is 0 Å². The van der Waals surface area contributed by atoms with Crippen LogP contribution in [-0.4, -0.2) is 133 Å². The van der Waals surface area contributed by atoms with Crippen LogP contribution in [0.5, 0.6) is 0 Å². The number of ether oxygens (including phenoxy) is 3. The van der Waals surface area contributed by atoms with E-state index in [0.717, 1.165) is 6.92 Å². The lowest BCUT2D eigenvalue weighted by atomic mass is 9.90. The minimum atomic E-state index is -2.76. The smallest absolute Gasteiger partial charge is 0.283 e. The van der Waals surface area contributed by atoms with Gasteiger partial charge >= 0.3 is 0 Å². The average molecular weight is 483 g/mol. The maximum atomic E-state index is 11.5. The van der Waals surface area contributed by atoms with E-state index in [2.05, 4.69) is 5.32 Å². The molecule has 0 aromatic carbocycles. The molecule has 1 amide bonds. The molecule has 2 fully saturated rings. The fourth-order valence-corrected chi connectivity index (χ4v) is 4.01. The number of rotatable bonds is 9. The van der Waals surface area contributed by atoms with Crippen molar-refractivity contribution in [3.8, 4) is 0 Å². The lowest BCUT2D eigenvalue weighted by Gasteiger charge is -2.49. The van der Waals surface area contributed by atoms with Gasteiger partial charge in [0.25, 0.3) is 5.97 Å². The quantitative estimate of drug-likeness (QED) is 0.140.